The molecule has 1 fully saturated rings. The van der Waals surface area contributed by atoms with Crippen LogP contribution in [0.2, 0.25) is 0 Å². The zero-order valence-corrected chi connectivity index (χ0v) is 14.6. The molecule has 1 aliphatic rings. The van der Waals surface area contributed by atoms with Crippen LogP contribution >= 0.6 is 0 Å². The van der Waals surface area contributed by atoms with Crippen LogP contribution in [0.3, 0.4) is 0 Å². The topological polar surface area (TPSA) is 71.2 Å². The Morgan fingerprint density at radius 1 is 0.960 bits per heavy atom. The Morgan fingerprint density at radius 3 is 2.40 bits per heavy atom. The van der Waals surface area contributed by atoms with E-state index in [2.05, 4.69) is 43.2 Å². The molecule has 1 saturated heterocycles. The van der Waals surface area contributed by atoms with Gasteiger partial charge in [-0.3, -0.25) is 4.90 Å². The maximum Gasteiger partial charge on any atom is 0.268 e. The summed E-state index contributed by atoms with van der Waals surface area (Å²) >= 11 is 0. The van der Waals surface area contributed by atoms with Crippen LogP contribution in [0.15, 0.2) is 28.7 Å². The molecule has 130 valence electrons. The minimum Gasteiger partial charge on any atom is -0.420 e. The Balaban J connectivity index is 1.70. The minimum atomic E-state index is 0.417. The van der Waals surface area contributed by atoms with Crippen molar-refractivity contribution in [1.82, 2.24) is 25.3 Å². The van der Waals surface area contributed by atoms with E-state index >= 15 is 0 Å². The van der Waals surface area contributed by atoms with Crippen LogP contribution in [-0.2, 0) is 0 Å². The quantitative estimate of drug-likeness (QED) is 0.724. The predicted molar refractivity (Wildman–Crippen MR) is 96.5 cm³/mol. The first-order valence-electron chi connectivity index (χ1n) is 8.79. The molecule has 7 heteroatoms. The number of fused-ring (bicyclic) bond motifs is 1. The van der Waals surface area contributed by atoms with Gasteiger partial charge in [-0.15, -0.1) is 20.4 Å². The lowest BCUT2D eigenvalue weighted by Crippen LogP contribution is -2.47. The molecule has 7 nitrogen and oxygen atoms in total. The van der Waals surface area contributed by atoms with Crippen LogP contribution in [0.1, 0.15) is 19.2 Å². The average Bonchev–Trinajstić information content (AvgIpc) is 3.08. The van der Waals surface area contributed by atoms with E-state index in [-0.39, 0.29) is 0 Å². The molecule has 0 amide bonds. The molecule has 0 aliphatic carbocycles. The van der Waals surface area contributed by atoms with Gasteiger partial charge in [0.05, 0.1) is 0 Å². The van der Waals surface area contributed by atoms with E-state index in [1.165, 1.54) is 6.42 Å². The minimum absolute atomic E-state index is 0.417. The second kappa shape index (κ2) is 6.76. The van der Waals surface area contributed by atoms with Crippen molar-refractivity contribution in [2.24, 2.45) is 0 Å². The van der Waals surface area contributed by atoms with Gasteiger partial charge < -0.3 is 9.32 Å². The second-order valence-corrected chi connectivity index (χ2v) is 6.37. The van der Waals surface area contributed by atoms with Crippen molar-refractivity contribution in [3.8, 4) is 11.6 Å². The lowest BCUT2D eigenvalue weighted by molar-refractivity contribution is 0.258. The molecule has 0 saturated carbocycles. The van der Waals surface area contributed by atoms with Crippen LogP contribution < -0.4 is 4.90 Å². The van der Waals surface area contributed by atoms with Gasteiger partial charge in [-0.2, -0.15) is 0 Å². The summed E-state index contributed by atoms with van der Waals surface area (Å²) in [5.74, 6) is 1.88. The highest BCUT2D eigenvalue weighted by Gasteiger charge is 2.22. The first-order chi connectivity index (χ1) is 12.3. The lowest BCUT2D eigenvalue weighted by atomic mass is 10.1. The van der Waals surface area contributed by atoms with Gasteiger partial charge >= 0.3 is 0 Å². The monoisotopic (exact) mass is 338 g/mol. The number of aryl methyl sites for hydroxylation is 1. The third-order valence-corrected chi connectivity index (χ3v) is 4.61. The zero-order chi connectivity index (χ0) is 17.2. The Hall–Kier alpha value is -2.54. The predicted octanol–water partition coefficient (Wildman–Crippen LogP) is 2.52. The maximum absolute atomic E-state index is 5.56. The highest BCUT2D eigenvalue weighted by atomic mass is 16.4. The van der Waals surface area contributed by atoms with Crippen molar-refractivity contribution < 1.29 is 4.42 Å². The first kappa shape index (κ1) is 16.0. The summed E-state index contributed by atoms with van der Waals surface area (Å²) in [4.78, 5) is 4.83. The van der Waals surface area contributed by atoms with Crippen molar-refractivity contribution in [3.63, 3.8) is 0 Å². The highest BCUT2D eigenvalue weighted by Crippen LogP contribution is 2.31. The molecule has 3 heterocycles. The van der Waals surface area contributed by atoms with Gasteiger partial charge in [-0.25, -0.2) is 0 Å². The molecule has 0 bridgehead atoms. The number of benzene rings is 1. The van der Waals surface area contributed by atoms with Crippen LogP contribution in [0, 0.1) is 6.92 Å². The molecule has 0 unspecified atom stereocenters. The third-order valence-electron chi connectivity index (χ3n) is 4.61. The van der Waals surface area contributed by atoms with E-state index in [1.54, 1.807) is 6.92 Å². The van der Waals surface area contributed by atoms with Crippen LogP contribution in [-0.4, -0.2) is 58.0 Å². The van der Waals surface area contributed by atoms with Crippen LogP contribution in [0.5, 0.6) is 0 Å². The Morgan fingerprint density at radius 2 is 1.72 bits per heavy atom. The molecular formula is C18H22N6O. The fourth-order valence-corrected chi connectivity index (χ4v) is 3.37. The molecule has 2 aromatic heterocycles. The summed E-state index contributed by atoms with van der Waals surface area (Å²) in [5.41, 5.74) is 0.643. The number of anilines is 1. The van der Waals surface area contributed by atoms with Gasteiger partial charge in [0.25, 0.3) is 5.89 Å². The standard InChI is InChI=1S/C18H22N6O/c1-3-8-23-9-11-24(12-10-23)17-15-7-5-4-6-14(15)16(20-21-17)18-22-19-13(2)25-18/h4-7H,3,8-12H2,1-2H3. The Kier molecular flexibility index (Phi) is 4.31. The van der Waals surface area contributed by atoms with Gasteiger partial charge in [0, 0.05) is 43.9 Å². The smallest absolute Gasteiger partial charge is 0.268 e. The number of rotatable bonds is 4. The fraction of sp³-hybridized carbons (Fsp3) is 0.444. The van der Waals surface area contributed by atoms with Gasteiger partial charge in [0.2, 0.25) is 5.89 Å². The fourth-order valence-electron chi connectivity index (χ4n) is 3.37. The normalized spacial score (nSPS) is 15.8. The summed E-state index contributed by atoms with van der Waals surface area (Å²) in [6.45, 7) is 9.23. The number of aromatic nitrogens is 4. The van der Waals surface area contributed by atoms with E-state index in [0.717, 1.165) is 49.3 Å². The molecular weight excluding hydrogens is 316 g/mol. The van der Waals surface area contributed by atoms with E-state index < -0.39 is 0 Å². The maximum atomic E-state index is 5.56. The molecule has 0 radical (unpaired) electrons. The zero-order valence-electron chi connectivity index (χ0n) is 14.6. The van der Waals surface area contributed by atoms with E-state index in [1.807, 2.05) is 18.2 Å². The second-order valence-electron chi connectivity index (χ2n) is 6.37. The summed E-state index contributed by atoms with van der Waals surface area (Å²) in [6.07, 6.45) is 1.20. The number of nitrogens with zero attached hydrogens (tertiary/aromatic N) is 6. The van der Waals surface area contributed by atoms with Gasteiger partial charge in [0.1, 0.15) is 0 Å². The molecule has 4 rings (SSSR count). The number of piperazine rings is 1. The molecule has 25 heavy (non-hydrogen) atoms. The van der Waals surface area contributed by atoms with E-state index in [9.17, 15) is 0 Å². The van der Waals surface area contributed by atoms with Crippen molar-refractivity contribution in [1.29, 1.82) is 0 Å². The SMILES string of the molecule is CCCN1CCN(c2nnc(-c3nnc(C)o3)c3ccccc23)CC1. The molecule has 0 atom stereocenters. The average molecular weight is 338 g/mol. The molecule has 1 aromatic carbocycles. The summed E-state index contributed by atoms with van der Waals surface area (Å²) in [6, 6.07) is 8.16. The summed E-state index contributed by atoms with van der Waals surface area (Å²) < 4.78 is 5.56. The van der Waals surface area contributed by atoms with Crippen molar-refractivity contribution in [2.45, 2.75) is 20.3 Å². The molecule has 1 aliphatic heterocycles. The van der Waals surface area contributed by atoms with Crippen LogP contribution in [0.4, 0.5) is 5.82 Å². The molecule has 0 spiro atoms. The third kappa shape index (κ3) is 3.07. The molecule has 0 N–H and O–H groups in total. The van der Waals surface area contributed by atoms with Crippen LogP contribution in [0.25, 0.3) is 22.4 Å². The van der Waals surface area contributed by atoms with Crippen molar-refractivity contribution in [2.75, 3.05) is 37.6 Å². The van der Waals surface area contributed by atoms with Crippen molar-refractivity contribution >= 4 is 16.6 Å². The van der Waals surface area contributed by atoms with E-state index in [4.69, 9.17) is 4.42 Å². The highest BCUT2D eigenvalue weighted by molar-refractivity contribution is 5.99. The first-order valence-corrected chi connectivity index (χ1v) is 8.79. The van der Waals surface area contributed by atoms with Gasteiger partial charge in [-0.05, 0) is 13.0 Å². The number of hydrogen-bond acceptors (Lipinski definition) is 7. The Bertz CT molecular complexity index is 869. The number of hydrogen-bond donors (Lipinski definition) is 0. The lowest BCUT2D eigenvalue weighted by Gasteiger charge is -2.35. The Labute approximate surface area is 146 Å². The van der Waals surface area contributed by atoms with Gasteiger partial charge in [-0.1, -0.05) is 31.2 Å². The van der Waals surface area contributed by atoms with E-state index in [0.29, 0.717) is 17.5 Å². The summed E-state index contributed by atoms with van der Waals surface area (Å²) in [5, 5.41) is 19.0. The molecule has 3 aromatic rings. The van der Waals surface area contributed by atoms with Gasteiger partial charge in [0.15, 0.2) is 11.5 Å². The van der Waals surface area contributed by atoms with Crippen molar-refractivity contribution in [3.05, 3.63) is 30.2 Å². The largest absolute Gasteiger partial charge is 0.420 e. The summed E-state index contributed by atoms with van der Waals surface area (Å²) in [7, 11) is 0.